The predicted octanol–water partition coefficient (Wildman–Crippen LogP) is 5.43. The molecular formula is C24H29N3O. The Morgan fingerprint density at radius 2 is 1.86 bits per heavy atom. The zero-order valence-electron chi connectivity index (χ0n) is 16.8. The van der Waals surface area contributed by atoms with E-state index >= 15 is 0 Å². The number of aryl methyl sites for hydroxylation is 1. The first-order valence-corrected chi connectivity index (χ1v) is 10.1. The normalized spacial score (nSPS) is 10.8. The van der Waals surface area contributed by atoms with Crippen molar-refractivity contribution < 1.29 is 4.79 Å². The summed E-state index contributed by atoms with van der Waals surface area (Å²) in [6.45, 7) is 3.30. The van der Waals surface area contributed by atoms with Gasteiger partial charge in [-0.05, 0) is 42.7 Å². The Morgan fingerprint density at radius 1 is 1.07 bits per heavy atom. The van der Waals surface area contributed by atoms with Crippen LogP contribution in [0.1, 0.15) is 38.2 Å². The van der Waals surface area contributed by atoms with Crippen molar-refractivity contribution in [2.45, 2.75) is 39.0 Å². The number of hydrogen-bond acceptors (Lipinski definition) is 3. The molecule has 0 radical (unpaired) electrons. The van der Waals surface area contributed by atoms with Crippen LogP contribution in [0.15, 0.2) is 60.8 Å². The molecular weight excluding hydrogens is 346 g/mol. The lowest BCUT2D eigenvalue weighted by Crippen LogP contribution is -2.18. The molecule has 0 saturated heterocycles. The van der Waals surface area contributed by atoms with Gasteiger partial charge in [-0.3, -0.25) is 9.78 Å². The average Bonchev–Trinajstić information content (AvgIpc) is 2.72. The van der Waals surface area contributed by atoms with E-state index in [1.54, 1.807) is 6.20 Å². The Balaban J connectivity index is 1.49. The van der Waals surface area contributed by atoms with Crippen LogP contribution in [0.4, 0.5) is 11.4 Å². The quantitative estimate of drug-likeness (QED) is 0.507. The van der Waals surface area contributed by atoms with Crippen LogP contribution >= 0.6 is 0 Å². The molecule has 1 aromatic heterocycles. The van der Waals surface area contributed by atoms with E-state index in [1.165, 1.54) is 30.5 Å². The van der Waals surface area contributed by atoms with E-state index in [-0.39, 0.29) is 5.91 Å². The maximum atomic E-state index is 12.3. The number of hydrogen-bond donors (Lipinski definition) is 1. The lowest BCUT2D eigenvalue weighted by molar-refractivity contribution is -0.116. The van der Waals surface area contributed by atoms with Crippen LogP contribution in [0.2, 0.25) is 0 Å². The van der Waals surface area contributed by atoms with Crippen LogP contribution in [-0.4, -0.2) is 24.5 Å². The van der Waals surface area contributed by atoms with Gasteiger partial charge in [-0.25, -0.2) is 0 Å². The number of aromatic nitrogens is 1. The monoisotopic (exact) mass is 375 g/mol. The zero-order valence-corrected chi connectivity index (χ0v) is 16.8. The number of nitrogens with zero attached hydrogens (tertiary/aromatic N) is 2. The summed E-state index contributed by atoms with van der Waals surface area (Å²) in [5.74, 6) is 0.0119. The van der Waals surface area contributed by atoms with Gasteiger partial charge < -0.3 is 10.2 Å². The van der Waals surface area contributed by atoms with Gasteiger partial charge in [0.1, 0.15) is 0 Å². The van der Waals surface area contributed by atoms with Crippen molar-refractivity contribution in [1.29, 1.82) is 0 Å². The third-order valence-electron chi connectivity index (χ3n) is 4.99. The van der Waals surface area contributed by atoms with Crippen molar-refractivity contribution in [2.75, 3.05) is 23.8 Å². The summed E-state index contributed by atoms with van der Waals surface area (Å²) >= 11 is 0. The summed E-state index contributed by atoms with van der Waals surface area (Å²) in [6.07, 6.45) is 6.63. The van der Waals surface area contributed by atoms with Crippen molar-refractivity contribution in [2.24, 2.45) is 0 Å². The van der Waals surface area contributed by atoms with Crippen molar-refractivity contribution in [3.8, 4) is 0 Å². The lowest BCUT2D eigenvalue weighted by atomic mass is 10.1. The Bertz CT molecular complexity index is 905. The standard InChI is InChI=1S/C24H29N3O/c1-3-4-7-16-27(2)22-13-10-19(11-14-22)12-15-24(28)26-21-17-20-8-5-6-9-23(20)25-18-21/h5-6,8-11,13-14,17-18H,3-4,7,12,15-16H2,1-2H3,(H,26,28). The number of rotatable bonds is 9. The molecule has 0 spiro atoms. The third kappa shape index (κ3) is 5.56. The SMILES string of the molecule is CCCCCN(C)c1ccc(CCC(=O)Nc2cnc3ccccc3c2)cc1. The fourth-order valence-electron chi connectivity index (χ4n) is 3.27. The molecule has 1 amide bonds. The smallest absolute Gasteiger partial charge is 0.224 e. The number of amides is 1. The van der Waals surface area contributed by atoms with E-state index in [0.717, 1.165) is 29.6 Å². The van der Waals surface area contributed by atoms with Gasteiger partial charge in [0.15, 0.2) is 0 Å². The second-order valence-corrected chi connectivity index (χ2v) is 7.26. The number of para-hydroxylation sites is 1. The summed E-state index contributed by atoms with van der Waals surface area (Å²) in [5, 5.41) is 3.98. The van der Waals surface area contributed by atoms with Gasteiger partial charge in [0.2, 0.25) is 5.91 Å². The van der Waals surface area contributed by atoms with E-state index in [1.807, 2.05) is 30.3 Å². The van der Waals surface area contributed by atoms with Crippen LogP contribution in [-0.2, 0) is 11.2 Å². The summed E-state index contributed by atoms with van der Waals surface area (Å²) < 4.78 is 0. The molecule has 4 heteroatoms. The van der Waals surface area contributed by atoms with Crippen LogP contribution in [0.3, 0.4) is 0 Å². The number of fused-ring (bicyclic) bond motifs is 1. The summed E-state index contributed by atoms with van der Waals surface area (Å²) in [7, 11) is 2.13. The van der Waals surface area contributed by atoms with E-state index < -0.39 is 0 Å². The van der Waals surface area contributed by atoms with Gasteiger partial charge in [0.25, 0.3) is 0 Å². The number of carbonyl (C=O) groups is 1. The first-order chi connectivity index (χ1) is 13.7. The predicted molar refractivity (Wildman–Crippen MR) is 118 cm³/mol. The molecule has 0 aliphatic heterocycles. The number of pyridine rings is 1. The Hall–Kier alpha value is -2.88. The van der Waals surface area contributed by atoms with E-state index in [2.05, 4.69) is 53.4 Å². The topological polar surface area (TPSA) is 45.2 Å². The first kappa shape index (κ1) is 19.9. The molecule has 1 N–H and O–H groups in total. The molecule has 0 unspecified atom stereocenters. The number of unbranched alkanes of at least 4 members (excludes halogenated alkanes) is 2. The molecule has 0 saturated carbocycles. The minimum absolute atomic E-state index is 0.0119. The molecule has 146 valence electrons. The van der Waals surface area contributed by atoms with Gasteiger partial charge in [-0.1, -0.05) is 50.1 Å². The minimum Gasteiger partial charge on any atom is -0.375 e. The van der Waals surface area contributed by atoms with Crippen molar-refractivity contribution in [3.63, 3.8) is 0 Å². The van der Waals surface area contributed by atoms with Crippen LogP contribution in [0.25, 0.3) is 10.9 Å². The molecule has 0 aliphatic carbocycles. The van der Waals surface area contributed by atoms with Crippen molar-refractivity contribution >= 4 is 28.2 Å². The summed E-state index contributed by atoms with van der Waals surface area (Å²) in [5.41, 5.74) is 4.08. The average molecular weight is 376 g/mol. The molecule has 1 heterocycles. The Labute approximate surface area is 167 Å². The molecule has 28 heavy (non-hydrogen) atoms. The number of benzene rings is 2. The molecule has 3 rings (SSSR count). The minimum atomic E-state index is 0.0119. The van der Waals surface area contributed by atoms with Crippen LogP contribution in [0, 0.1) is 0 Å². The van der Waals surface area contributed by atoms with Crippen molar-refractivity contribution in [3.05, 3.63) is 66.4 Å². The molecule has 0 atom stereocenters. The number of nitrogens with one attached hydrogen (secondary N) is 1. The number of anilines is 2. The molecule has 0 fully saturated rings. The van der Waals surface area contributed by atoms with Gasteiger partial charge in [0.05, 0.1) is 17.4 Å². The van der Waals surface area contributed by atoms with E-state index in [0.29, 0.717) is 6.42 Å². The summed E-state index contributed by atoms with van der Waals surface area (Å²) in [4.78, 5) is 19.0. The molecule has 0 bridgehead atoms. The van der Waals surface area contributed by atoms with Gasteiger partial charge >= 0.3 is 0 Å². The van der Waals surface area contributed by atoms with Gasteiger partial charge in [0, 0.05) is 31.1 Å². The van der Waals surface area contributed by atoms with E-state index in [9.17, 15) is 4.79 Å². The molecule has 3 aromatic rings. The fraction of sp³-hybridized carbons (Fsp3) is 0.333. The maximum Gasteiger partial charge on any atom is 0.224 e. The Kier molecular flexibility index (Phi) is 7.01. The van der Waals surface area contributed by atoms with Gasteiger partial charge in [-0.15, -0.1) is 0 Å². The molecule has 2 aromatic carbocycles. The van der Waals surface area contributed by atoms with Crippen LogP contribution < -0.4 is 10.2 Å². The third-order valence-corrected chi connectivity index (χ3v) is 4.99. The summed E-state index contributed by atoms with van der Waals surface area (Å²) in [6, 6.07) is 18.4. The van der Waals surface area contributed by atoms with Crippen LogP contribution in [0.5, 0.6) is 0 Å². The van der Waals surface area contributed by atoms with E-state index in [4.69, 9.17) is 0 Å². The fourth-order valence-corrected chi connectivity index (χ4v) is 3.27. The zero-order chi connectivity index (χ0) is 19.8. The number of carbonyl (C=O) groups excluding carboxylic acids is 1. The first-order valence-electron chi connectivity index (χ1n) is 10.1. The Morgan fingerprint density at radius 3 is 2.64 bits per heavy atom. The molecule has 4 nitrogen and oxygen atoms in total. The van der Waals surface area contributed by atoms with Gasteiger partial charge in [-0.2, -0.15) is 0 Å². The highest BCUT2D eigenvalue weighted by atomic mass is 16.1. The highest BCUT2D eigenvalue weighted by Crippen LogP contribution is 2.18. The van der Waals surface area contributed by atoms with Crippen molar-refractivity contribution in [1.82, 2.24) is 4.98 Å². The second-order valence-electron chi connectivity index (χ2n) is 7.26. The second kappa shape index (κ2) is 9.88. The maximum absolute atomic E-state index is 12.3. The largest absolute Gasteiger partial charge is 0.375 e. The highest BCUT2D eigenvalue weighted by Gasteiger charge is 2.06. The highest BCUT2D eigenvalue weighted by molar-refractivity contribution is 5.93. The lowest BCUT2D eigenvalue weighted by Gasteiger charge is -2.19. The molecule has 0 aliphatic rings.